The number of anilines is 1. The fourth-order valence-corrected chi connectivity index (χ4v) is 2.78. The molecule has 0 saturated carbocycles. The lowest BCUT2D eigenvalue weighted by atomic mass is 9.99. The van der Waals surface area contributed by atoms with E-state index in [1.165, 1.54) is 6.07 Å². The standard InChI is InChI=1S/C14H17BrN2O4/c15-12-4-3-10(6-11(12)13(19)20)16-14(21)17-5-1-2-9(7-17)8-18/h3-4,6,9,18H,1-2,5,7-8H2,(H,16,21)(H,19,20). The minimum atomic E-state index is -1.06. The second-order valence-electron chi connectivity index (χ2n) is 5.07. The van der Waals surface area contributed by atoms with Crippen LogP contribution in [0.2, 0.25) is 0 Å². The summed E-state index contributed by atoms with van der Waals surface area (Å²) in [5.41, 5.74) is 0.534. The number of hydrogen-bond donors (Lipinski definition) is 3. The summed E-state index contributed by atoms with van der Waals surface area (Å²) < 4.78 is 0.464. The van der Waals surface area contributed by atoms with Crippen molar-refractivity contribution in [2.24, 2.45) is 5.92 Å². The average molecular weight is 357 g/mol. The molecule has 0 aromatic heterocycles. The van der Waals surface area contributed by atoms with Crippen LogP contribution in [-0.4, -0.2) is 46.8 Å². The van der Waals surface area contributed by atoms with Crippen molar-refractivity contribution in [3.05, 3.63) is 28.2 Å². The van der Waals surface area contributed by atoms with Crippen LogP contribution in [-0.2, 0) is 0 Å². The van der Waals surface area contributed by atoms with E-state index >= 15 is 0 Å². The summed E-state index contributed by atoms with van der Waals surface area (Å²) in [7, 11) is 0. The van der Waals surface area contributed by atoms with Gasteiger partial charge in [0.1, 0.15) is 0 Å². The molecule has 1 aromatic carbocycles. The number of hydrogen-bond acceptors (Lipinski definition) is 3. The van der Waals surface area contributed by atoms with Gasteiger partial charge in [0.15, 0.2) is 0 Å². The van der Waals surface area contributed by atoms with E-state index in [1.54, 1.807) is 17.0 Å². The number of amides is 2. The lowest BCUT2D eigenvalue weighted by Gasteiger charge is -2.31. The van der Waals surface area contributed by atoms with E-state index in [2.05, 4.69) is 21.2 Å². The van der Waals surface area contributed by atoms with Gasteiger partial charge in [-0.25, -0.2) is 9.59 Å². The first kappa shape index (κ1) is 15.8. The lowest BCUT2D eigenvalue weighted by molar-refractivity contribution is 0.0696. The van der Waals surface area contributed by atoms with Gasteiger partial charge in [0.05, 0.1) is 5.56 Å². The monoisotopic (exact) mass is 356 g/mol. The van der Waals surface area contributed by atoms with Crippen LogP contribution in [0.3, 0.4) is 0 Å². The molecule has 1 aliphatic rings. The number of aromatic carboxylic acids is 1. The van der Waals surface area contributed by atoms with Crippen molar-refractivity contribution in [2.45, 2.75) is 12.8 Å². The predicted octanol–water partition coefficient (Wildman–Crippen LogP) is 2.38. The number of carbonyl (C=O) groups excluding carboxylic acids is 1. The molecule has 114 valence electrons. The summed E-state index contributed by atoms with van der Waals surface area (Å²) >= 11 is 3.16. The van der Waals surface area contributed by atoms with Crippen molar-refractivity contribution in [1.29, 1.82) is 0 Å². The Hall–Kier alpha value is -1.60. The van der Waals surface area contributed by atoms with E-state index in [0.717, 1.165) is 12.8 Å². The fourth-order valence-electron chi connectivity index (χ4n) is 2.37. The van der Waals surface area contributed by atoms with Gasteiger partial charge in [0.25, 0.3) is 0 Å². The minimum absolute atomic E-state index is 0.0746. The number of aliphatic hydroxyl groups excluding tert-OH is 1. The van der Waals surface area contributed by atoms with E-state index in [4.69, 9.17) is 5.11 Å². The molecule has 1 unspecified atom stereocenters. The third-order valence-corrected chi connectivity index (χ3v) is 4.20. The maximum absolute atomic E-state index is 12.2. The highest BCUT2D eigenvalue weighted by molar-refractivity contribution is 9.10. The van der Waals surface area contributed by atoms with E-state index in [-0.39, 0.29) is 24.1 Å². The Morgan fingerprint density at radius 1 is 1.43 bits per heavy atom. The zero-order valence-corrected chi connectivity index (χ0v) is 13.0. The largest absolute Gasteiger partial charge is 0.478 e. The van der Waals surface area contributed by atoms with Crippen LogP contribution in [0.4, 0.5) is 10.5 Å². The number of rotatable bonds is 3. The van der Waals surface area contributed by atoms with Crippen LogP contribution in [0, 0.1) is 5.92 Å². The van der Waals surface area contributed by atoms with Crippen LogP contribution >= 0.6 is 15.9 Å². The van der Waals surface area contributed by atoms with Crippen LogP contribution in [0.5, 0.6) is 0 Å². The summed E-state index contributed by atoms with van der Waals surface area (Å²) in [4.78, 5) is 24.9. The number of nitrogens with zero attached hydrogens (tertiary/aromatic N) is 1. The number of benzene rings is 1. The molecule has 0 radical (unpaired) electrons. The Balaban J connectivity index is 2.05. The number of halogens is 1. The SMILES string of the molecule is O=C(O)c1cc(NC(=O)N2CCCC(CO)C2)ccc1Br. The number of nitrogens with one attached hydrogen (secondary N) is 1. The molecular weight excluding hydrogens is 340 g/mol. The second-order valence-corrected chi connectivity index (χ2v) is 5.92. The Labute approximate surface area is 130 Å². The van der Waals surface area contributed by atoms with E-state index in [9.17, 15) is 14.7 Å². The van der Waals surface area contributed by atoms with Crippen molar-refractivity contribution >= 4 is 33.6 Å². The molecule has 0 aliphatic carbocycles. The number of piperidine rings is 1. The molecule has 7 heteroatoms. The molecule has 0 bridgehead atoms. The zero-order valence-electron chi connectivity index (χ0n) is 11.4. The van der Waals surface area contributed by atoms with Crippen molar-refractivity contribution in [1.82, 2.24) is 4.90 Å². The molecule has 21 heavy (non-hydrogen) atoms. The summed E-state index contributed by atoms with van der Waals surface area (Å²) in [6, 6.07) is 4.37. The number of carboxylic acid groups (broad SMARTS) is 1. The van der Waals surface area contributed by atoms with Crippen LogP contribution in [0.15, 0.2) is 22.7 Å². The fraction of sp³-hybridized carbons (Fsp3) is 0.429. The zero-order chi connectivity index (χ0) is 15.4. The molecule has 1 fully saturated rings. The Kier molecular flexibility index (Phi) is 5.19. The number of carbonyl (C=O) groups is 2. The maximum atomic E-state index is 12.2. The number of carboxylic acids is 1. The normalized spacial score (nSPS) is 18.4. The summed E-state index contributed by atoms with van der Waals surface area (Å²) in [5, 5.41) is 20.9. The van der Waals surface area contributed by atoms with Gasteiger partial charge in [-0.05, 0) is 52.9 Å². The van der Waals surface area contributed by atoms with Crippen molar-refractivity contribution in [3.8, 4) is 0 Å². The molecule has 6 nitrogen and oxygen atoms in total. The van der Waals surface area contributed by atoms with Crippen molar-refractivity contribution in [3.63, 3.8) is 0 Å². The smallest absolute Gasteiger partial charge is 0.336 e. The Morgan fingerprint density at radius 2 is 2.19 bits per heavy atom. The van der Waals surface area contributed by atoms with Gasteiger partial charge in [0.2, 0.25) is 0 Å². The van der Waals surface area contributed by atoms with Crippen molar-refractivity contribution < 1.29 is 19.8 Å². The third-order valence-electron chi connectivity index (χ3n) is 3.51. The van der Waals surface area contributed by atoms with Gasteiger partial charge < -0.3 is 20.4 Å². The first-order valence-electron chi connectivity index (χ1n) is 6.71. The number of urea groups is 1. The molecule has 1 heterocycles. The Morgan fingerprint density at radius 3 is 2.86 bits per heavy atom. The van der Waals surface area contributed by atoms with Crippen LogP contribution in [0.25, 0.3) is 0 Å². The van der Waals surface area contributed by atoms with Crippen LogP contribution in [0.1, 0.15) is 23.2 Å². The molecule has 1 aromatic rings. The first-order chi connectivity index (χ1) is 10.0. The van der Waals surface area contributed by atoms with Gasteiger partial charge in [-0.15, -0.1) is 0 Å². The minimum Gasteiger partial charge on any atom is -0.478 e. The molecule has 2 amide bonds. The molecule has 3 N–H and O–H groups in total. The highest BCUT2D eigenvalue weighted by atomic mass is 79.9. The molecule has 1 aliphatic heterocycles. The molecule has 1 atom stereocenters. The van der Waals surface area contributed by atoms with E-state index in [0.29, 0.717) is 23.2 Å². The van der Waals surface area contributed by atoms with E-state index < -0.39 is 5.97 Å². The third kappa shape index (κ3) is 3.95. The molecule has 2 rings (SSSR count). The van der Waals surface area contributed by atoms with Crippen molar-refractivity contribution in [2.75, 3.05) is 25.0 Å². The average Bonchev–Trinajstić information content (AvgIpc) is 2.49. The second kappa shape index (κ2) is 6.91. The van der Waals surface area contributed by atoms with Gasteiger partial charge in [-0.3, -0.25) is 0 Å². The molecule has 0 spiro atoms. The molecular formula is C14H17BrN2O4. The summed E-state index contributed by atoms with van der Waals surface area (Å²) in [5.74, 6) is -0.944. The summed E-state index contributed by atoms with van der Waals surface area (Å²) in [6.45, 7) is 1.24. The number of likely N-dealkylation sites (tertiary alicyclic amines) is 1. The highest BCUT2D eigenvalue weighted by Gasteiger charge is 2.23. The lowest BCUT2D eigenvalue weighted by Crippen LogP contribution is -2.43. The summed E-state index contributed by atoms with van der Waals surface area (Å²) in [6.07, 6.45) is 1.78. The van der Waals surface area contributed by atoms with Gasteiger partial charge in [-0.1, -0.05) is 0 Å². The van der Waals surface area contributed by atoms with Gasteiger partial charge in [-0.2, -0.15) is 0 Å². The number of aliphatic hydroxyl groups is 1. The van der Waals surface area contributed by atoms with Gasteiger partial charge in [0, 0.05) is 29.9 Å². The predicted molar refractivity (Wildman–Crippen MR) is 81.5 cm³/mol. The van der Waals surface area contributed by atoms with Gasteiger partial charge >= 0.3 is 12.0 Å². The molecule has 1 saturated heterocycles. The maximum Gasteiger partial charge on any atom is 0.336 e. The first-order valence-corrected chi connectivity index (χ1v) is 7.50. The van der Waals surface area contributed by atoms with Crippen LogP contribution < -0.4 is 5.32 Å². The topological polar surface area (TPSA) is 89.9 Å². The Bertz CT molecular complexity index is 550. The van der Waals surface area contributed by atoms with E-state index in [1.807, 2.05) is 0 Å². The highest BCUT2D eigenvalue weighted by Crippen LogP contribution is 2.22. The quantitative estimate of drug-likeness (QED) is 0.775.